The maximum atomic E-state index is 9.00. The molecule has 0 saturated heterocycles. The van der Waals surface area contributed by atoms with Crippen LogP contribution < -0.4 is 0 Å². The van der Waals surface area contributed by atoms with Crippen LogP contribution in [0.2, 0.25) is 0 Å². The summed E-state index contributed by atoms with van der Waals surface area (Å²) < 4.78 is 0. The summed E-state index contributed by atoms with van der Waals surface area (Å²) in [4.78, 5) is 0. The molecule has 0 bridgehead atoms. The van der Waals surface area contributed by atoms with Crippen LogP contribution in [0.5, 0.6) is 0 Å². The lowest BCUT2D eigenvalue weighted by Gasteiger charge is -2.03. The predicted octanol–water partition coefficient (Wildman–Crippen LogP) is 2.90. The lowest BCUT2D eigenvalue weighted by atomic mass is 9.98. The normalized spacial score (nSPS) is 9.12. The van der Waals surface area contributed by atoms with Crippen molar-refractivity contribution in [3.63, 3.8) is 0 Å². The van der Waals surface area contributed by atoms with Crippen LogP contribution in [0.4, 0.5) is 0 Å². The zero-order chi connectivity index (χ0) is 11.4. The molecule has 2 rings (SSSR count). The minimum Gasteiger partial charge on any atom is -0.192 e. The Balaban J connectivity index is 2.65. The molecule has 0 heterocycles. The van der Waals surface area contributed by atoms with Gasteiger partial charge in [0.15, 0.2) is 0 Å². The van der Waals surface area contributed by atoms with Crippen molar-refractivity contribution in [1.29, 1.82) is 10.5 Å². The fourth-order valence-electron chi connectivity index (χ4n) is 1.51. The lowest BCUT2D eigenvalue weighted by molar-refractivity contribution is 1.45. The molecule has 0 aliphatic carbocycles. The van der Waals surface area contributed by atoms with Crippen LogP contribution in [0, 0.1) is 28.7 Å². The van der Waals surface area contributed by atoms with E-state index >= 15 is 0 Å². The summed E-state index contributed by atoms with van der Waals surface area (Å²) in [5, 5.41) is 17.8. The first-order valence-corrected chi connectivity index (χ1v) is 4.76. The van der Waals surface area contributed by atoms with Gasteiger partial charge in [0.2, 0.25) is 0 Å². The van der Waals surface area contributed by atoms with Crippen molar-refractivity contribution in [2.45, 2.75) is 0 Å². The number of hydrogen-bond acceptors (Lipinski definition) is 2. The number of hydrogen-bond donors (Lipinski definition) is 0. The Morgan fingerprint density at radius 1 is 1.06 bits per heavy atom. The van der Waals surface area contributed by atoms with Crippen LogP contribution in [0.1, 0.15) is 11.1 Å². The molecular formula is C14H7N2. The lowest BCUT2D eigenvalue weighted by Crippen LogP contribution is -1.86. The second kappa shape index (κ2) is 4.29. The Hall–Kier alpha value is -2.58. The van der Waals surface area contributed by atoms with Crippen LogP contribution in [0.25, 0.3) is 11.1 Å². The molecule has 2 heteroatoms. The second-order valence-corrected chi connectivity index (χ2v) is 3.28. The molecule has 1 radical (unpaired) electrons. The van der Waals surface area contributed by atoms with E-state index in [-0.39, 0.29) is 0 Å². The molecular weight excluding hydrogens is 196 g/mol. The van der Waals surface area contributed by atoms with Crippen molar-refractivity contribution >= 4 is 0 Å². The molecule has 73 valence electrons. The molecule has 0 atom stereocenters. The summed E-state index contributed by atoms with van der Waals surface area (Å²) in [5.41, 5.74) is 2.80. The third-order valence-electron chi connectivity index (χ3n) is 2.29. The van der Waals surface area contributed by atoms with E-state index in [1.54, 1.807) is 30.3 Å². The Labute approximate surface area is 94.0 Å². The van der Waals surface area contributed by atoms with Crippen molar-refractivity contribution in [3.8, 4) is 23.3 Å². The zero-order valence-corrected chi connectivity index (χ0v) is 8.44. The number of benzene rings is 2. The van der Waals surface area contributed by atoms with Crippen LogP contribution in [-0.2, 0) is 0 Å². The molecule has 16 heavy (non-hydrogen) atoms. The van der Waals surface area contributed by atoms with Crippen molar-refractivity contribution in [2.24, 2.45) is 0 Å². The largest absolute Gasteiger partial charge is 0.192 e. The monoisotopic (exact) mass is 203 g/mol. The fourth-order valence-corrected chi connectivity index (χ4v) is 1.51. The fraction of sp³-hybridized carbons (Fsp3) is 0. The van der Waals surface area contributed by atoms with E-state index in [2.05, 4.69) is 18.2 Å². The van der Waals surface area contributed by atoms with Crippen LogP contribution >= 0.6 is 0 Å². The van der Waals surface area contributed by atoms with Crippen molar-refractivity contribution < 1.29 is 0 Å². The van der Waals surface area contributed by atoms with E-state index in [4.69, 9.17) is 10.5 Å². The molecule has 0 aromatic heterocycles. The Morgan fingerprint density at radius 3 is 2.56 bits per heavy atom. The summed E-state index contributed by atoms with van der Waals surface area (Å²) >= 11 is 0. The Morgan fingerprint density at radius 2 is 1.94 bits per heavy atom. The summed E-state index contributed by atoms with van der Waals surface area (Å²) in [6.45, 7) is 0. The molecule has 0 fully saturated rings. The quantitative estimate of drug-likeness (QED) is 0.715. The van der Waals surface area contributed by atoms with E-state index in [1.165, 1.54) is 0 Å². The number of nitriles is 2. The molecule has 2 nitrogen and oxygen atoms in total. The van der Waals surface area contributed by atoms with Gasteiger partial charge in [-0.15, -0.1) is 0 Å². The number of rotatable bonds is 1. The molecule has 0 saturated carbocycles. The molecule has 0 aliphatic rings. The molecule has 2 aromatic rings. The first-order valence-electron chi connectivity index (χ1n) is 4.76. The first-order chi connectivity index (χ1) is 7.85. The van der Waals surface area contributed by atoms with Gasteiger partial charge in [0.1, 0.15) is 0 Å². The van der Waals surface area contributed by atoms with Gasteiger partial charge in [-0.2, -0.15) is 10.5 Å². The Kier molecular flexibility index (Phi) is 2.67. The van der Waals surface area contributed by atoms with E-state index in [0.29, 0.717) is 11.1 Å². The number of nitrogens with zero attached hydrogens (tertiary/aromatic N) is 2. The topological polar surface area (TPSA) is 47.6 Å². The van der Waals surface area contributed by atoms with E-state index in [9.17, 15) is 0 Å². The maximum absolute atomic E-state index is 9.00. The highest BCUT2D eigenvalue weighted by atomic mass is 14.3. The molecule has 0 spiro atoms. The second-order valence-electron chi connectivity index (χ2n) is 3.28. The highest BCUT2D eigenvalue weighted by molar-refractivity contribution is 5.71. The van der Waals surface area contributed by atoms with Crippen molar-refractivity contribution in [3.05, 3.63) is 59.7 Å². The standard InChI is InChI=1S/C14H7N2/c15-9-11-6-7-13(10-16)14(8-11)12-4-2-1-3-5-12/h1-2,4-8H. The van der Waals surface area contributed by atoms with E-state index in [1.807, 2.05) is 12.1 Å². The SMILES string of the molecule is N#Cc1ccc(C#N)c(-c2c[c]ccc2)c1. The van der Waals surface area contributed by atoms with Gasteiger partial charge < -0.3 is 0 Å². The predicted molar refractivity (Wildman–Crippen MR) is 60.1 cm³/mol. The highest BCUT2D eigenvalue weighted by Gasteiger charge is 2.05. The maximum Gasteiger partial charge on any atom is 0.0998 e. The average Bonchev–Trinajstić information content (AvgIpc) is 2.39. The van der Waals surface area contributed by atoms with Gasteiger partial charge in [0.25, 0.3) is 0 Å². The van der Waals surface area contributed by atoms with E-state index in [0.717, 1.165) is 11.1 Å². The zero-order valence-electron chi connectivity index (χ0n) is 8.44. The summed E-state index contributed by atoms with van der Waals surface area (Å²) in [5.74, 6) is 0. The van der Waals surface area contributed by atoms with Gasteiger partial charge in [0, 0.05) is 5.56 Å². The molecule has 0 N–H and O–H groups in total. The van der Waals surface area contributed by atoms with Crippen molar-refractivity contribution in [2.75, 3.05) is 0 Å². The third-order valence-corrected chi connectivity index (χ3v) is 2.29. The Bertz CT molecular complexity index is 586. The minimum atomic E-state index is 0.554. The van der Waals surface area contributed by atoms with Gasteiger partial charge in [0.05, 0.1) is 23.3 Å². The average molecular weight is 203 g/mol. The van der Waals surface area contributed by atoms with Gasteiger partial charge in [-0.25, -0.2) is 0 Å². The van der Waals surface area contributed by atoms with Gasteiger partial charge in [-0.1, -0.05) is 18.2 Å². The molecule has 0 amide bonds. The van der Waals surface area contributed by atoms with Crippen molar-refractivity contribution in [1.82, 2.24) is 0 Å². The van der Waals surface area contributed by atoms with Crippen LogP contribution in [0.3, 0.4) is 0 Å². The molecule has 0 unspecified atom stereocenters. The summed E-state index contributed by atoms with van der Waals surface area (Å²) in [7, 11) is 0. The minimum absolute atomic E-state index is 0.554. The van der Waals surface area contributed by atoms with Gasteiger partial charge >= 0.3 is 0 Å². The summed E-state index contributed by atoms with van der Waals surface area (Å²) in [6, 6.07) is 19.5. The van der Waals surface area contributed by atoms with Crippen LogP contribution in [0.15, 0.2) is 42.5 Å². The smallest absolute Gasteiger partial charge is 0.0998 e. The van der Waals surface area contributed by atoms with Gasteiger partial charge in [-0.05, 0) is 35.9 Å². The molecule has 0 aliphatic heterocycles. The first kappa shape index (κ1) is 9.96. The van der Waals surface area contributed by atoms with Gasteiger partial charge in [-0.3, -0.25) is 0 Å². The van der Waals surface area contributed by atoms with E-state index < -0.39 is 0 Å². The highest BCUT2D eigenvalue weighted by Crippen LogP contribution is 2.23. The third kappa shape index (κ3) is 1.78. The summed E-state index contributed by atoms with van der Waals surface area (Å²) in [6.07, 6.45) is 0. The molecule has 2 aromatic carbocycles. The van der Waals surface area contributed by atoms with Crippen LogP contribution in [-0.4, -0.2) is 0 Å².